The summed E-state index contributed by atoms with van der Waals surface area (Å²) in [4.78, 5) is 4.55. The van der Waals surface area contributed by atoms with Crippen molar-refractivity contribution < 1.29 is 4.39 Å². The van der Waals surface area contributed by atoms with Crippen LogP contribution in [0.5, 0.6) is 0 Å². The molecule has 0 saturated heterocycles. The zero-order chi connectivity index (χ0) is 15.1. The Morgan fingerprint density at radius 1 is 1.24 bits per heavy atom. The van der Waals surface area contributed by atoms with E-state index in [1.165, 1.54) is 6.07 Å². The van der Waals surface area contributed by atoms with Gasteiger partial charge in [-0.3, -0.25) is 4.57 Å². The standard InChI is InChI=1S/C16H13Cl2FN2/c1-9-12(19)4-3-5-14(9)21-15-8-11(18)6-7-13(15)20-16(21)10(2)17/h3-8,10H,1-2H3. The fourth-order valence-electron chi connectivity index (χ4n) is 2.43. The average molecular weight is 323 g/mol. The predicted octanol–water partition coefficient (Wildman–Crippen LogP) is 5.43. The third kappa shape index (κ3) is 2.41. The van der Waals surface area contributed by atoms with E-state index in [9.17, 15) is 4.39 Å². The lowest BCUT2D eigenvalue weighted by Crippen LogP contribution is -2.04. The van der Waals surface area contributed by atoms with Crippen LogP contribution >= 0.6 is 23.2 Å². The smallest absolute Gasteiger partial charge is 0.132 e. The molecule has 0 radical (unpaired) electrons. The first-order valence-electron chi connectivity index (χ1n) is 6.56. The van der Waals surface area contributed by atoms with Crippen LogP contribution in [0.2, 0.25) is 5.02 Å². The fourth-order valence-corrected chi connectivity index (χ4v) is 2.74. The number of alkyl halides is 1. The van der Waals surface area contributed by atoms with Crippen LogP contribution in [0.15, 0.2) is 36.4 Å². The van der Waals surface area contributed by atoms with Gasteiger partial charge < -0.3 is 0 Å². The van der Waals surface area contributed by atoms with Gasteiger partial charge >= 0.3 is 0 Å². The molecule has 0 N–H and O–H groups in total. The maximum absolute atomic E-state index is 13.9. The molecule has 1 heterocycles. The third-order valence-corrected chi connectivity index (χ3v) is 3.91. The number of nitrogens with zero attached hydrogens (tertiary/aromatic N) is 2. The van der Waals surface area contributed by atoms with Crippen molar-refractivity contribution in [1.29, 1.82) is 0 Å². The molecule has 108 valence electrons. The molecule has 0 spiro atoms. The third-order valence-electron chi connectivity index (χ3n) is 3.48. The van der Waals surface area contributed by atoms with E-state index in [1.54, 1.807) is 19.1 Å². The second kappa shape index (κ2) is 5.32. The number of rotatable bonds is 2. The molecular weight excluding hydrogens is 310 g/mol. The topological polar surface area (TPSA) is 17.8 Å². The SMILES string of the molecule is Cc1c(F)cccc1-n1c(C(C)Cl)nc2ccc(Cl)cc21. The molecule has 0 saturated carbocycles. The van der Waals surface area contributed by atoms with E-state index in [1.807, 2.05) is 29.7 Å². The van der Waals surface area contributed by atoms with E-state index in [-0.39, 0.29) is 11.2 Å². The van der Waals surface area contributed by atoms with Crippen LogP contribution in [0.4, 0.5) is 4.39 Å². The highest BCUT2D eigenvalue weighted by Crippen LogP contribution is 2.31. The van der Waals surface area contributed by atoms with Gasteiger partial charge in [0, 0.05) is 10.6 Å². The minimum atomic E-state index is -0.307. The van der Waals surface area contributed by atoms with Crippen LogP contribution in [0.25, 0.3) is 16.7 Å². The summed E-state index contributed by atoms with van der Waals surface area (Å²) in [6, 6.07) is 10.4. The van der Waals surface area contributed by atoms with Crippen molar-refractivity contribution in [1.82, 2.24) is 9.55 Å². The molecule has 0 aliphatic heterocycles. The summed E-state index contributed by atoms with van der Waals surface area (Å²) < 4.78 is 15.8. The molecular formula is C16H13Cl2FN2. The largest absolute Gasteiger partial charge is 0.295 e. The monoisotopic (exact) mass is 322 g/mol. The Morgan fingerprint density at radius 3 is 2.71 bits per heavy atom. The first-order valence-corrected chi connectivity index (χ1v) is 7.38. The van der Waals surface area contributed by atoms with Crippen molar-refractivity contribution >= 4 is 34.2 Å². The molecule has 21 heavy (non-hydrogen) atoms. The van der Waals surface area contributed by atoms with Crippen LogP contribution in [0.3, 0.4) is 0 Å². The molecule has 3 rings (SSSR count). The van der Waals surface area contributed by atoms with Gasteiger partial charge in [0.15, 0.2) is 0 Å². The number of aromatic nitrogens is 2. The van der Waals surface area contributed by atoms with Gasteiger partial charge in [0.05, 0.1) is 22.1 Å². The van der Waals surface area contributed by atoms with Gasteiger partial charge in [0.25, 0.3) is 0 Å². The van der Waals surface area contributed by atoms with Crippen molar-refractivity contribution in [2.24, 2.45) is 0 Å². The summed E-state index contributed by atoms with van der Waals surface area (Å²) in [7, 11) is 0. The summed E-state index contributed by atoms with van der Waals surface area (Å²) in [5, 5.41) is 0.297. The first-order chi connectivity index (χ1) is 9.99. The van der Waals surface area contributed by atoms with Gasteiger partial charge in [0.2, 0.25) is 0 Å². The van der Waals surface area contributed by atoms with Gasteiger partial charge in [-0.25, -0.2) is 9.37 Å². The molecule has 2 aromatic carbocycles. The Balaban J connectivity index is 2.41. The van der Waals surface area contributed by atoms with E-state index < -0.39 is 0 Å². The van der Waals surface area contributed by atoms with E-state index in [0.29, 0.717) is 16.4 Å². The molecule has 0 bridgehead atoms. The van der Waals surface area contributed by atoms with Gasteiger partial charge in [-0.1, -0.05) is 17.7 Å². The van der Waals surface area contributed by atoms with Gasteiger partial charge in [-0.15, -0.1) is 11.6 Å². The molecule has 3 aromatic rings. The molecule has 1 atom stereocenters. The lowest BCUT2D eigenvalue weighted by atomic mass is 10.1. The quantitative estimate of drug-likeness (QED) is 0.575. The minimum Gasteiger partial charge on any atom is -0.295 e. The summed E-state index contributed by atoms with van der Waals surface area (Å²) in [5.74, 6) is 0.409. The number of benzene rings is 2. The Labute approximate surface area is 132 Å². The van der Waals surface area contributed by atoms with E-state index in [0.717, 1.165) is 16.7 Å². The second-order valence-corrected chi connectivity index (χ2v) is 6.03. The summed E-state index contributed by atoms with van der Waals surface area (Å²) in [6.45, 7) is 3.58. The average Bonchev–Trinajstić information content (AvgIpc) is 2.80. The molecule has 0 amide bonds. The van der Waals surface area contributed by atoms with E-state index in [2.05, 4.69) is 4.98 Å². The summed E-state index contributed by atoms with van der Waals surface area (Å²) in [5.41, 5.74) is 2.88. The molecule has 1 aromatic heterocycles. The normalized spacial score (nSPS) is 12.8. The maximum Gasteiger partial charge on any atom is 0.132 e. The van der Waals surface area contributed by atoms with Crippen molar-refractivity contribution in [2.45, 2.75) is 19.2 Å². The summed E-state index contributed by atoms with van der Waals surface area (Å²) >= 11 is 12.3. The lowest BCUT2D eigenvalue weighted by molar-refractivity contribution is 0.616. The van der Waals surface area contributed by atoms with Crippen molar-refractivity contribution in [3.63, 3.8) is 0 Å². The highest BCUT2D eigenvalue weighted by molar-refractivity contribution is 6.31. The van der Waals surface area contributed by atoms with Crippen LogP contribution in [-0.4, -0.2) is 9.55 Å². The highest BCUT2D eigenvalue weighted by Gasteiger charge is 2.18. The zero-order valence-electron chi connectivity index (χ0n) is 11.6. The molecule has 0 fully saturated rings. The maximum atomic E-state index is 13.9. The molecule has 0 aliphatic rings. The molecule has 2 nitrogen and oxygen atoms in total. The van der Waals surface area contributed by atoms with Crippen molar-refractivity contribution in [3.05, 3.63) is 58.6 Å². The number of fused-ring (bicyclic) bond motifs is 1. The first kappa shape index (κ1) is 14.4. The van der Waals surface area contributed by atoms with Gasteiger partial charge in [-0.2, -0.15) is 0 Å². The van der Waals surface area contributed by atoms with Crippen LogP contribution in [0.1, 0.15) is 23.7 Å². The molecule has 5 heteroatoms. The van der Waals surface area contributed by atoms with Crippen LogP contribution in [-0.2, 0) is 0 Å². The Kier molecular flexibility index (Phi) is 3.64. The zero-order valence-corrected chi connectivity index (χ0v) is 13.1. The Hall–Kier alpha value is -1.58. The number of imidazole rings is 1. The summed E-state index contributed by atoms with van der Waals surface area (Å²) in [6.07, 6.45) is 0. The second-order valence-electron chi connectivity index (χ2n) is 4.94. The van der Waals surface area contributed by atoms with Crippen molar-refractivity contribution in [3.8, 4) is 5.69 Å². The number of halogens is 3. The van der Waals surface area contributed by atoms with E-state index >= 15 is 0 Å². The minimum absolute atomic E-state index is 0.260. The lowest BCUT2D eigenvalue weighted by Gasteiger charge is -2.13. The molecule has 0 aliphatic carbocycles. The van der Waals surface area contributed by atoms with Gasteiger partial charge in [-0.05, 0) is 44.2 Å². The Morgan fingerprint density at radius 2 is 2.00 bits per heavy atom. The van der Waals surface area contributed by atoms with Crippen molar-refractivity contribution in [2.75, 3.05) is 0 Å². The van der Waals surface area contributed by atoms with Crippen LogP contribution < -0.4 is 0 Å². The number of hydrogen-bond donors (Lipinski definition) is 0. The number of hydrogen-bond acceptors (Lipinski definition) is 1. The highest BCUT2D eigenvalue weighted by atomic mass is 35.5. The predicted molar refractivity (Wildman–Crippen MR) is 85.0 cm³/mol. The van der Waals surface area contributed by atoms with Gasteiger partial charge in [0.1, 0.15) is 11.6 Å². The fraction of sp³-hybridized carbons (Fsp3) is 0.188. The Bertz CT molecular complexity index is 825. The van der Waals surface area contributed by atoms with E-state index in [4.69, 9.17) is 23.2 Å². The van der Waals surface area contributed by atoms with Crippen LogP contribution in [0, 0.1) is 12.7 Å². The molecule has 1 unspecified atom stereocenters.